The number of ether oxygens (including phenoxy) is 1. The van der Waals surface area contributed by atoms with E-state index in [1.165, 1.54) is 17.7 Å². The first kappa shape index (κ1) is 27.9. The van der Waals surface area contributed by atoms with Crippen molar-refractivity contribution in [3.05, 3.63) is 75.9 Å². The highest BCUT2D eigenvalue weighted by atomic mass is 16.5. The van der Waals surface area contributed by atoms with Gasteiger partial charge in [-0.3, -0.25) is 4.79 Å². The smallest absolute Gasteiger partial charge is 0.174 e. The quantitative estimate of drug-likeness (QED) is 0.210. The number of allylic oxidation sites excluding steroid dienone is 4. The zero-order valence-corrected chi connectivity index (χ0v) is 21.8. The monoisotopic (exact) mass is 508 g/mol. The van der Waals surface area contributed by atoms with E-state index in [4.69, 9.17) is 4.74 Å². The highest BCUT2D eigenvalue weighted by molar-refractivity contribution is 6.03. The molecule has 1 aliphatic heterocycles. The molecule has 1 unspecified atom stereocenters. The number of phenolic OH excluding ortho intramolecular Hbond substituents is 4. The number of rotatable bonds is 9. The second kappa shape index (κ2) is 11.6. The molecule has 0 fully saturated rings. The van der Waals surface area contributed by atoms with E-state index in [1.807, 2.05) is 26.8 Å². The fourth-order valence-electron chi connectivity index (χ4n) is 4.37. The van der Waals surface area contributed by atoms with Crippen molar-refractivity contribution < 1.29 is 35.1 Å². The molecule has 0 amide bonds. The number of hydrogen-bond acceptors (Lipinski definition) is 7. The molecule has 0 aliphatic carbocycles. The molecule has 0 spiro atoms. The SMILES string of the molecule is C=C(C)C(O)Cc1c(O)cc2c(c1O)C(=O)C[C@@H](c1ccc(O)c(O)c1CC=C(C)CCC=C(C)C)O2. The van der Waals surface area contributed by atoms with Gasteiger partial charge in [0.1, 0.15) is 28.9 Å². The second-order valence-electron chi connectivity index (χ2n) is 9.97. The molecule has 2 atom stereocenters. The summed E-state index contributed by atoms with van der Waals surface area (Å²) in [5.74, 6) is -1.68. The number of hydrogen-bond donors (Lipinski definition) is 5. The highest BCUT2D eigenvalue weighted by Crippen LogP contribution is 2.46. The Morgan fingerprint density at radius 1 is 1.05 bits per heavy atom. The molecule has 0 saturated heterocycles. The predicted molar refractivity (Wildman–Crippen MR) is 143 cm³/mol. The van der Waals surface area contributed by atoms with Crippen molar-refractivity contribution in [3.63, 3.8) is 0 Å². The van der Waals surface area contributed by atoms with Crippen molar-refractivity contribution in [1.29, 1.82) is 0 Å². The van der Waals surface area contributed by atoms with E-state index < -0.39 is 23.7 Å². The number of aliphatic hydroxyl groups excluding tert-OH is 1. The fourth-order valence-corrected chi connectivity index (χ4v) is 4.37. The van der Waals surface area contributed by atoms with Crippen LogP contribution in [0.2, 0.25) is 0 Å². The fraction of sp³-hybridized carbons (Fsp3) is 0.367. The van der Waals surface area contributed by atoms with Gasteiger partial charge in [-0.05, 0) is 53.0 Å². The van der Waals surface area contributed by atoms with E-state index >= 15 is 0 Å². The molecule has 2 aromatic carbocycles. The molecular weight excluding hydrogens is 472 g/mol. The third kappa shape index (κ3) is 6.35. The lowest BCUT2D eigenvalue weighted by Gasteiger charge is -2.29. The molecule has 37 heavy (non-hydrogen) atoms. The van der Waals surface area contributed by atoms with E-state index in [-0.39, 0.29) is 47.0 Å². The number of aliphatic hydroxyl groups is 1. The molecular formula is C30H36O7. The first-order chi connectivity index (χ1) is 17.4. The topological polar surface area (TPSA) is 127 Å². The molecule has 2 aromatic rings. The number of ketones is 1. The predicted octanol–water partition coefficient (Wildman–Crippen LogP) is 5.93. The van der Waals surface area contributed by atoms with E-state index in [0.29, 0.717) is 23.1 Å². The number of carbonyl (C=O) groups is 1. The van der Waals surface area contributed by atoms with Gasteiger partial charge in [0.05, 0.1) is 12.5 Å². The van der Waals surface area contributed by atoms with Crippen molar-refractivity contribution in [1.82, 2.24) is 0 Å². The summed E-state index contributed by atoms with van der Waals surface area (Å²) in [6.07, 6.45) is 4.20. The van der Waals surface area contributed by atoms with Gasteiger partial charge in [0.25, 0.3) is 0 Å². The number of benzene rings is 2. The Kier molecular flexibility index (Phi) is 8.71. The Balaban J connectivity index is 1.94. The Morgan fingerprint density at radius 2 is 1.76 bits per heavy atom. The van der Waals surface area contributed by atoms with Crippen LogP contribution in [0.25, 0.3) is 0 Å². The van der Waals surface area contributed by atoms with E-state index in [1.54, 1.807) is 13.0 Å². The summed E-state index contributed by atoms with van der Waals surface area (Å²) < 4.78 is 6.05. The number of fused-ring (bicyclic) bond motifs is 1. The molecule has 0 saturated carbocycles. The molecule has 3 rings (SSSR count). The van der Waals surface area contributed by atoms with Crippen LogP contribution < -0.4 is 4.74 Å². The third-order valence-electron chi connectivity index (χ3n) is 6.62. The highest BCUT2D eigenvalue weighted by Gasteiger charge is 2.34. The van der Waals surface area contributed by atoms with Gasteiger partial charge >= 0.3 is 0 Å². The Labute approximate surface area is 217 Å². The Hall–Kier alpha value is -3.71. The van der Waals surface area contributed by atoms with Crippen LogP contribution in [-0.2, 0) is 12.8 Å². The number of aromatic hydroxyl groups is 4. The summed E-state index contributed by atoms with van der Waals surface area (Å²) >= 11 is 0. The largest absolute Gasteiger partial charge is 0.507 e. The van der Waals surface area contributed by atoms with Crippen LogP contribution in [0.15, 0.2) is 53.6 Å². The average molecular weight is 509 g/mol. The summed E-state index contributed by atoms with van der Waals surface area (Å²) in [7, 11) is 0. The van der Waals surface area contributed by atoms with Crippen molar-refractivity contribution in [3.8, 4) is 28.7 Å². The summed E-state index contributed by atoms with van der Waals surface area (Å²) in [6, 6.07) is 4.21. The van der Waals surface area contributed by atoms with Crippen molar-refractivity contribution in [2.75, 3.05) is 0 Å². The summed E-state index contributed by atoms with van der Waals surface area (Å²) in [5.41, 5.74) is 3.78. The van der Waals surface area contributed by atoms with Crippen LogP contribution in [0, 0.1) is 0 Å². The van der Waals surface area contributed by atoms with Gasteiger partial charge in [-0.25, -0.2) is 0 Å². The summed E-state index contributed by atoms with van der Waals surface area (Å²) in [4.78, 5) is 13.1. The van der Waals surface area contributed by atoms with Crippen molar-refractivity contribution in [2.45, 2.75) is 72.0 Å². The standard InChI is InChI=1S/C30H36O7/c1-16(2)7-6-8-18(5)9-10-20-19(11-12-22(31)29(20)35)26-15-25(34)28-27(37-26)14-24(33)21(30(28)36)13-23(32)17(3)4/h7,9,11-12,14,23,26,31-33,35-36H,3,6,8,10,13,15H2,1-2,4-5H3/t23?,26-/m0/s1. The zero-order valence-electron chi connectivity index (χ0n) is 21.8. The van der Waals surface area contributed by atoms with E-state index in [2.05, 4.69) is 12.7 Å². The van der Waals surface area contributed by atoms with Gasteiger partial charge in [0.2, 0.25) is 0 Å². The molecule has 0 aromatic heterocycles. The van der Waals surface area contributed by atoms with E-state index in [0.717, 1.165) is 18.4 Å². The lowest BCUT2D eigenvalue weighted by Crippen LogP contribution is -2.22. The molecule has 198 valence electrons. The number of carbonyl (C=O) groups excluding carboxylic acids is 1. The molecule has 1 heterocycles. The number of phenols is 4. The first-order valence-corrected chi connectivity index (χ1v) is 12.3. The molecule has 0 radical (unpaired) electrons. The normalized spacial score (nSPS) is 16.1. The van der Waals surface area contributed by atoms with Gasteiger partial charge in [-0.15, -0.1) is 0 Å². The van der Waals surface area contributed by atoms with Gasteiger partial charge in [-0.2, -0.15) is 0 Å². The number of Topliss-reactive ketones (excluding diaryl/α,β-unsaturated/α-hetero) is 1. The summed E-state index contributed by atoms with van der Waals surface area (Å²) in [6.45, 7) is 11.4. The van der Waals surface area contributed by atoms with Crippen LogP contribution in [0.3, 0.4) is 0 Å². The maximum absolute atomic E-state index is 13.1. The second-order valence-corrected chi connectivity index (χ2v) is 9.97. The lowest BCUT2D eigenvalue weighted by atomic mass is 9.89. The molecule has 0 bridgehead atoms. The Morgan fingerprint density at radius 3 is 2.41 bits per heavy atom. The van der Waals surface area contributed by atoms with Crippen molar-refractivity contribution in [2.24, 2.45) is 0 Å². The zero-order chi connectivity index (χ0) is 27.4. The molecule has 5 N–H and O–H groups in total. The third-order valence-corrected chi connectivity index (χ3v) is 6.62. The molecule has 7 nitrogen and oxygen atoms in total. The molecule has 1 aliphatic rings. The minimum absolute atomic E-state index is 0.0109. The van der Waals surface area contributed by atoms with Gasteiger partial charge in [0, 0.05) is 29.2 Å². The van der Waals surface area contributed by atoms with Crippen LogP contribution in [0.4, 0.5) is 0 Å². The first-order valence-electron chi connectivity index (χ1n) is 12.3. The maximum atomic E-state index is 13.1. The molecule has 7 heteroatoms. The minimum Gasteiger partial charge on any atom is -0.507 e. The van der Waals surface area contributed by atoms with Crippen LogP contribution in [-0.4, -0.2) is 37.4 Å². The van der Waals surface area contributed by atoms with Gasteiger partial charge in [-0.1, -0.05) is 41.5 Å². The van der Waals surface area contributed by atoms with Gasteiger partial charge in [0.15, 0.2) is 17.3 Å². The minimum atomic E-state index is -0.997. The van der Waals surface area contributed by atoms with Crippen LogP contribution in [0.1, 0.15) is 80.1 Å². The van der Waals surface area contributed by atoms with Crippen molar-refractivity contribution >= 4 is 5.78 Å². The summed E-state index contributed by atoms with van der Waals surface area (Å²) in [5, 5.41) is 52.2. The van der Waals surface area contributed by atoms with E-state index in [9.17, 15) is 30.3 Å². The average Bonchev–Trinajstić information content (AvgIpc) is 2.81. The van der Waals surface area contributed by atoms with Crippen LogP contribution in [0.5, 0.6) is 28.7 Å². The van der Waals surface area contributed by atoms with Gasteiger partial charge < -0.3 is 30.3 Å². The van der Waals surface area contributed by atoms with Crippen LogP contribution >= 0.6 is 0 Å². The Bertz CT molecular complexity index is 1270. The maximum Gasteiger partial charge on any atom is 0.174 e. The lowest BCUT2D eigenvalue weighted by molar-refractivity contribution is 0.0842.